The summed E-state index contributed by atoms with van der Waals surface area (Å²) in [5.74, 6) is 1.71. The fraction of sp³-hybridized carbons (Fsp3) is 0.625. The van der Waals surface area contributed by atoms with Gasteiger partial charge in [0.05, 0.1) is 13.2 Å². The van der Waals surface area contributed by atoms with Crippen molar-refractivity contribution in [1.29, 1.82) is 0 Å². The smallest absolute Gasteiger partial charge is 0.161 e. The molecule has 3 heteroatoms. The molecule has 2 N–H and O–H groups in total. The van der Waals surface area contributed by atoms with Gasteiger partial charge in [0, 0.05) is 0 Å². The molecule has 0 aliphatic rings. The number of hydrogen-bond acceptors (Lipinski definition) is 3. The van der Waals surface area contributed by atoms with E-state index in [0.29, 0.717) is 6.54 Å². The Bertz CT molecular complexity index is 353. The van der Waals surface area contributed by atoms with Crippen LogP contribution in [-0.2, 0) is 6.42 Å². The molecule has 19 heavy (non-hydrogen) atoms. The maximum absolute atomic E-state index is 5.83. The van der Waals surface area contributed by atoms with Crippen LogP contribution in [0.4, 0.5) is 0 Å². The third-order valence-corrected chi connectivity index (χ3v) is 2.95. The van der Waals surface area contributed by atoms with Crippen molar-refractivity contribution in [3.05, 3.63) is 23.8 Å². The van der Waals surface area contributed by atoms with Crippen LogP contribution in [0.2, 0.25) is 0 Å². The standard InChI is InChI=1S/C16H27NO2/c1-3-5-11-18-15-8-7-14(9-10-17)13-16(15)19-12-6-4-2/h7-8,13H,3-6,9-12,17H2,1-2H3. The van der Waals surface area contributed by atoms with Crippen LogP contribution in [-0.4, -0.2) is 19.8 Å². The lowest BCUT2D eigenvalue weighted by Crippen LogP contribution is -2.05. The van der Waals surface area contributed by atoms with Crippen LogP contribution in [0.25, 0.3) is 0 Å². The van der Waals surface area contributed by atoms with E-state index in [4.69, 9.17) is 15.2 Å². The molecule has 0 bridgehead atoms. The van der Waals surface area contributed by atoms with Gasteiger partial charge in [-0.05, 0) is 43.5 Å². The molecule has 0 atom stereocenters. The van der Waals surface area contributed by atoms with Gasteiger partial charge in [0.2, 0.25) is 0 Å². The summed E-state index contributed by atoms with van der Waals surface area (Å²) in [5, 5.41) is 0. The average Bonchev–Trinajstić information content (AvgIpc) is 2.42. The highest BCUT2D eigenvalue weighted by molar-refractivity contribution is 5.43. The van der Waals surface area contributed by atoms with Crippen molar-refractivity contribution in [2.75, 3.05) is 19.8 Å². The first-order chi connectivity index (χ1) is 9.31. The summed E-state index contributed by atoms with van der Waals surface area (Å²) in [7, 11) is 0. The minimum absolute atomic E-state index is 0.657. The van der Waals surface area contributed by atoms with Crippen molar-refractivity contribution in [1.82, 2.24) is 0 Å². The van der Waals surface area contributed by atoms with E-state index in [0.717, 1.165) is 56.8 Å². The first kappa shape index (κ1) is 15.8. The molecule has 3 nitrogen and oxygen atoms in total. The van der Waals surface area contributed by atoms with Crippen LogP contribution < -0.4 is 15.2 Å². The molecule has 0 amide bonds. The van der Waals surface area contributed by atoms with E-state index >= 15 is 0 Å². The fourth-order valence-corrected chi connectivity index (χ4v) is 1.76. The predicted molar refractivity (Wildman–Crippen MR) is 80.0 cm³/mol. The molecular formula is C16H27NO2. The highest BCUT2D eigenvalue weighted by Crippen LogP contribution is 2.29. The van der Waals surface area contributed by atoms with Gasteiger partial charge in [-0.15, -0.1) is 0 Å². The number of nitrogens with two attached hydrogens (primary N) is 1. The average molecular weight is 265 g/mol. The van der Waals surface area contributed by atoms with Gasteiger partial charge in [0.25, 0.3) is 0 Å². The third kappa shape index (κ3) is 5.97. The van der Waals surface area contributed by atoms with Gasteiger partial charge in [-0.25, -0.2) is 0 Å². The van der Waals surface area contributed by atoms with Gasteiger partial charge in [-0.3, -0.25) is 0 Å². The van der Waals surface area contributed by atoms with E-state index in [1.807, 2.05) is 6.07 Å². The van der Waals surface area contributed by atoms with Crippen LogP contribution >= 0.6 is 0 Å². The van der Waals surface area contributed by atoms with E-state index in [1.165, 1.54) is 5.56 Å². The monoisotopic (exact) mass is 265 g/mol. The van der Waals surface area contributed by atoms with Crippen molar-refractivity contribution >= 4 is 0 Å². The Morgan fingerprint density at radius 3 is 2.16 bits per heavy atom. The van der Waals surface area contributed by atoms with E-state index < -0.39 is 0 Å². The molecule has 1 aromatic carbocycles. The van der Waals surface area contributed by atoms with Gasteiger partial charge >= 0.3 is 0 Å². The SMILES string of the molecule is CCCCOc1ccc(CCN)cc1OCCCC. The minimum Gasteiger partial charge on any atom is -0.490 e. The Kier molecular flexibility index (Phi) is 8.07. The molecule has 0 fully saturated rings. The molecule has 0 unspecified atom stereocenters. The summed E-state index contributed by atoms with van der Waals surface area (Å²) in [5.41, 5.74) is 6.80. The van der Waals surface area contributed by atoms with E-state index in [1.54, 1.807) is 0 Å². The number of ether oxygens (including phenoxy) is 2. The molecule has 0 spiro atoms. The molecule has 0 heterocycles. The molecule has 0 saturated carbocycles. The van der Waals surface area contributed by atoms with Crippen molar-refractivity contribution in [3.8, 4) is 11.5 Å². The number of hydrogen-bond donors (Lipinski definition) is 1. The van der Waals surface area contributed by atoms with Gasteiger partial charge in [-0.2, -0.15) is 0 Å². The Balaban J connectivity index is 2.69. The summed E-state index contributed by atoms with van der Waals surface area (Å²) >= 11 is 0. The van der Waals surface area contributed by atoms with Gasteiger partial charge in [0.1, 0.15) is 0 Å². The zero-order valence-electron chi connectivity index (χ0n) is 12.3. The van der Waals surface area contributed by atoms with Gasteiger partial charge in [0.15, 0.2) is 11.5 Å². The highest BCUT2D eigenvalue weighted by atomic mass is 16.5. The van der Waals surface area contributed by atoms with Crippen LogP contribution in [0.3, 0.4) is 0 Å². The first-order valence-corrected chi connectivity index (χ1v) is 7.40. The summed E-state index contributed by atoms with van der Waals surface area (Å²) in [6.07, 6.45) is 5.28. The fourth-order valence-electron chi connectivity index (χ4n) is 1.76. The van der Waals surface area contributed by atoms with E-state index in [9.17, 15) is 0 Å². The second kappa shape index (κ2) is 9.68. The topological polar surface area (TPSA) is 44.5 Å². The molecule has 0 radical (unpaired) electrons. The van der Waals surface area contributed by atoms with Crippen molar-refractivity contribution in [2.24, 2.45) is 5.73 Å². The molecule has 0 aromatic heterocycles. The van der Waals surface area contributed by atoms with Crippen molar-refractivity contribution in [2.45, 2.75) is 46.0 Å². The second-order valence-electron chi connectivity index (χ2n) is 4.72. The largest absolute Gasteiger partial charge is 0.490 e. The van der Waals surface area contributed by atoms with Gasteiger partial charge in [-0.1, -0.05) is 32.8 Å². The van der Waals surface area contributed by atoms with Crippen LogP contribution in [0, 0.1) is 0 Å². The molecule has 0 aliphatic carbocycles. The lowest BCUT2D eigenvalue weighted by Gasteiger charge is -2.14. The Morgan fingerprint density at radius 1 is 0.947 bits per heavy atom. The van der Waals surface area contributed by atoms with Crippen molar-refractivity contribution in [3.63, 3.8) is 0 Å². The number of benzene rings is 1. The van der Waals surface area contributed by atoms with Crippen LogP contribution in [0.1, 0.15) is 45.1 Å². The zero-order valence-corrected chi connectivity index (χ0v) is 12.3. The van der Waals surface area contributed by atoms with Crippen LogP contribution in [0.5, 0.6) is 11.5 Å². The van der Waals surface area contributed by atoms with Crippen molar-refractivity contribution < 1.29 is 9.47 Å². The maximum Gasteiger partial charge on any atom is 0.161 e. The second-order valence-corrected chi connectivity index (χ2v) is 4.72. The lowest BCUT2D eigenvalue weighted by atomic mass is 10.1. The molecule has 0 saturated heterocycles. The predicted octanol–water partition coefficient (Wildman–Crippen LogP) is 3.55. The Hall–Kier alpha value is -1.22. The van der Waals surface area contributed by atoms with E-state index in [-0.39, 0.29) is 0 Å². The molecule has 0 aliphatic heterocycles. The number of unbranched alkanes of at least 4 members (excludes halogenated alkanes) is 2. The lowest BCUT2D eigenvalue weighted by molar-refractivity contribution is 0.261. The quantitative estimate of drug-likeness (QED) is 0.658. The molecular weight excluding hydrogens is 238 g/mol. The normalized spacial score (nSPS) is 10.5. The highest BCUT2D eigenvalue weighted by Gasteiger charge is 2.06. The first-order valence-electron chi connectivity index (χ1n) is 7.40. The van der Waals surface area contributed by atoms with Gasteiger partial charge < -0.3 is 15.2 Å². The summed E-state index contributed by atoms with van der Waals surface area (Å²) < 4.78 is 11.6. The molecule has 1 rings (SSSR count). The molecule has 1 aromatic rings. The zero-order chi connectivity index (χ0) is 13.9. The number of rotatable bonds is 10. The van der Waals surface area contributed by atoms with E-state index in [2.05, 4.69) is 26.0 Å². The Labute approximate surface area is 117 Å². The van der Waals surface area contributed by atoms with Crippen LogP contribution in [0.15, 0.2) is 18.2 Å². The maximum atomic E-state index is 5.83. The Morgan fingerprint density at radius 2 is 1.58 bits per heavy atom. The minimum atomic E-state index is 0.657. The summed E-state index contributed by atoms with van der Waals surface area (Å²) in [6.45, 7) is 6.47. The summed E-state index contributed by atoms with van der Waals surface area (Å²) in [4.78, 5) is 0. The summed E-state index contributed by atoms with van der Waals surface area (Å²) in [6, 6.07) is 6.13. The molecule has 108 valence electrons. The third-order valence-electron chi connectivity index (χ3n) is 2.95.